The molecule has 0 amide bonds. The second-order valence-electron chi connectivity index (χ2n) is 4.27. The minimum Gasteiger partial charge on any atom is -0.506 e. The van der Waals surface area contributed by atoms with Crippen LogP contribution in [0.3, 0.4) is 0 Å². The summed E-state index contributed by atoms with van der Waals surface area (Å²) in [5.74, 6) is 0.806. The van der Waals surface area contributed by atoms with Crippen molar-refractivity contribution in [3.63, 3.8) is 0 Å². The van der Waals surface area contributed by atoms with Crippen LogP contribution in [0, 0.1) is 0 Å². The molecule has 1 atom stereocenters. The van der Waals surface area contributed by atoms with E-state index in [1.807, 2.05) is 6.07 Å². The zero-order valence-electron chi connectivity index (χ0n) is 9.88. The van der Waals surface area contributed by atoms with Crippen LogP contribution in [-0.4, -0.2) is 38.6 Å². The number of nitrogens with zero attached hydrogens (tertiary/aromatic N) is 2. The first-order valence-corrected chi connectivity index (χ1v) is 7.15. The Hall–Kier alpha value is -1.30. The number of hydrogen-bond donors (Lipinski definition) is 2. The smallest absolute Gasteiger partial charge is 0.144 e. The largest absolute Gasteiger partial charge is 0.506 e. The third-order valence-electron chi connectivity index (χ3n) is 2.89. The summed E-state index contributed by atoms with van der Waals surface area (Å²) in [7, 11) is 0. The van der Waals surface area contributed by atoms with Gasteiger partial charge in [-0.05, 0) is 18.2 Å². The number of thioether (sulfide) groups is 1. The van der Waals surface area contributed by atoms with E-state index in [9.17, 15) is 5.11 Å². The molecule has 2 aromatic rings. The van der Waals surface area contributed by atoms with E-state index in [2.05, 4.69) is 9.98 Å². The van der Waals surface area contributed by atoms with E-state index in [-0.39, 0.29) is 18.4 Å². The summed E-state index contributed by atoms with van der Waals surface area (Å²) < 4.78 is 0. The second-order valence-corrected chi connectivity index (χ2v) is 5.72. The Labute approximate surface area is 119 Å². The van der Waals surface area contributed by atoms with Crippen LogP contribution in [0.2, 0.25) is 5.02 Å². The molecule has 0 bridgehead atoms. The van der Waals surface area contributed by atoms with Crippen LogP contribution in [0.4, 0.5) is 0 Å². The van der Waals surface area contributed by atoms with Crippen LogP contribution in [0.1, 0.15) is 5.69 Å². The second kappa shape index (κ2) is 5.00. The molecule has 1 unspecified atom stereocenters. The van der Waals surface area contributed by atoms with Gasteiger partial charge in [-0.3, -0.25) is 4.99 Å². The van der Waals surface area contributed by atoms with Gasteiger partial charge in [-0.1, -0.05) is 17.7 Å². The van der Waals surface area contributed by atoms with E-state index in [0.717, 1.165) is 10.9 Å². The van der Waals surface area contributed by atoms with Gasteiger partial charge in [0.25, 0.3) is 0 Å². The third-order valence-corrected chi connectivity index (χ3v) is 4.24. The van der Waals surface area contributed by atoms with Gasteiger partial charge < -0.3 is 10.2 Å². The highest BCUT2D eigenvalue weighted by Crippen LogP contribution is 2.30. The number of fused-ring (bicyclic) bond motifs is 1. The lowest BCUT2D eigenvalue weighted by molar-refractivity contribution is 0.277. The lowest BCUT2D eigenvalue weighted by atomic mass is 10.2. The fourth-order valence-corrected chi connectivity index (χ4v) is 3.13. The van der Waals surface area contributed by atoms with Crippen molar-refractivity contribution in [2.75, 3.05) is 12.4 Å². The molecule has 2 heterocycles. The molecule has 19 heavy (non-hydrogen) atoms. The van der Waals surface area contributed by atoms with Gasteiger partial charge in [0.1, 0.15) is 16.5 Å². The van der Waals surface area contributed by atoms with Crippen molar-refractivity contribution >= 4 is 39.3 Å². The SMILES string of the molecule is OCC1CSC(c2nc3cc(Cl)ccc3cc2O)=N1. The molecule has 1 aliphatic heterocycles. The molecule has 0 fully saturated rings. The zero-order valence-corrected chi connectivity index (χ0v) is 11.4. The molecule has 3 rings (SSSR count). The predicted octanol–water partition coefficient (Wildman–Crippen LogP) is 2.45. The summed E-state index contributed by atoms with van der Waals surface area (Å²) in [6, 6.07) is 6.87. The Bertz CT molecular complexity index is 675. The molecule has 0 aliphatic carbocycles. The number of aliphatic imine (C=N–C) groups is 1. The molecular weight excluding hydrogens is 284 g/mol. The summed E-state index contributed by atoms with van der Waals surface area (Å²) in [5, 5.41) is 21.2. The Kier molecular flexibility index (Phi) is 3.35. The van der Waals surface area contributed by atoms with E-state index in [1.165, 1.54) is 11.8 Å². The fraction of sp³-hybridized carbons (Fsp3) is 0.231. The number of halogens is 1. The van der Waals surface area contributed by atoms with Gasteiger partial charge in [-0.2, -0.15) is 0 Å². The number of benzene rings is 1. The topological polar surface area (TPSA) is 65.7 Å². The normalized spacial score (nSPS) is 18.8. The van der Waals surface area contributed by atoms with E-state index in [0.29, 0.717) is 21.5 Å². The molecule has 1 aromatic heterocycles. The standard InChI is InChI=1S/C13H11ClN2O2S/c14-8-2-1-7-3-11(18)12(16-10(7)4-8)13-15-9(5-17)6-19-13/h1-4,9,17-18H,5-6H2. The Balaban J connectivity index is 2.11. The number of rotatable bonds is 2. The highest BCUT2D eigenvalue weighted by atomic mass is 35.5. The third kappa shape index (κ3) is 2.41. The average molecular weight is 295 g/mol. The molecule has 0 radical (unpaired) electrons. The highest BCUT2D eigenvalue weighted by Gasteiger charge is 2.22. The van der Waals surface area contributed by atoms with Crippen molar-refractivity contribution in [1.82, 2.24) is 4.98 Å². The van der Waals surface area contributed by atoms with Crippen LogP contribution in [0.25, 0.3) is 10.9 Å². The van der Waals surface area contributed by atoms with E-state index in [4.69, 9.17) is 16.7 Å². The molecule has 1 aromatic carbocycles. The number of aromatic nitrogens is 1. The number of pyridine rings is 1. The van der Waals surface area contributed by atoms with E-state index < -0.39 is 0 Å². The molecule has 0 saturated heterocycles. The fourth-order valence-electron chi connectivity index (χ4n) is 1.92. The van der Waals surface area contributed by atoms with E-state index in [1.54, 1.807) is 18.2 Å². The first-order valence-electron chi connectivity index (χ1n) is 5.78. The van der Waals surface area contributed by atoms with E-state index >= 15 is 0 Å². The Morgan fingerprint density at radius 3 is 2.95 bits per heavy atom. The van der Waals surface area contributed by atoms with Crippen molar-refractivity contribution in [3.05, 3.63) is 35.0 Å². The summed E-state index contributed by atoms with van der Waals surface area (Å²) in [6.07, 6.45) is 0. The first-order chi connectivity index (χ1) is 9.17. The van der Waals surface area contributed by atoms with Gasteiger partial charge in [0.2, 0.25) is 0 Å². The van der Waals surface area contributed by atoms with Crippen LogP contribution >= 0.6 is 23.4 Å². The van der Waals surface area contributed by atoms with Crippen molar-refractivity contribution < 1.29 is 10.2 Å². The quantitative estimate of drug-likeness (QED) is 0.893. The predicted molar refractivity (Wildman–Crippen MR) is 78.3 cm³/mol. The van der Waals surface area contributed by atoms with Crippen molar-refractivity contribution in [1.29, 1.82) is 0 Å². The lowest BCUT2D eigenvalue weighted by Gasteiger charge is -2.05. The van der Waals surface area contributed by atoms with Gasteiger partial charge in [0, 0.05) is 16.2 Å². The number of aliphatic hydroxyl groups is 1. The minimum absolute atomic E-state index is 0.0106. The van der Waals surface area contributed by atoms with Gasteiger partial charge in [0.15, 0.2) is 0 Å². The van der Waals surface area contributed by atoms with Crippen LogP contribution < -0.4 is 0 Å². The first kappa shape index (κ1) is 12.7. The van der Waals surface area contributed by atoms with Crippen LogP contribution in [-0.2, 0) is 0 Å². The minimum atomic E-state index is -0.115. The summed E-state index contributed by atoms with van der Waals surface area (Å²) in [4.78, 5) is 8.76. The molecule has 0 saturated carbocycles. The average Bonchev–Trinajstić information content (AvgIpc) is 2.87. The zero-order chi connectivity index (χ0) is 13.4. The van der Waals surface area contributed by atoms with Gasteiger partial charge in [-0.25, -0.2) is 4.98 Å². The molecular formula is C13H11ClN2O2S. The number of aliphatic hydroxyl groups excluding tert-OH is 1. The molecule has 1 aliphatic rings. The van der Waals surface area contributed by atoms with Gasteiger partial charge in [-0.15, -0.1) is 11.8 Å². The van der Waals surface area contributed by atoms with Crippen LogP contribution in [0.15, 0.2) is 29.3 Å². The maximum atomic E-state index is 10.0. The molecule has 4 nitrogen and oxygen atoms in total. The summed E-state index contributed by atoms with van der Waals surface area (Å²) in [6.45, 7) is 0.0106. The molecule has 2 N–H and O–H groups in total. The monoisotopic (exact) mass is 294 g/mol. The van der Waals surface area contributed by atoms with Gasteiger partial charge >= 0.3 is 0 Å². The summed E-state index contributed by atoms with van der Waals surface area (Å²) >= 11 is 7.43. The number of hydrogen-bond acceptors (Lipinski definition) is 5. The highest BCUT2D eigenvalue weighted by molar-refractivity contribution is 8.14. The van der Waals surface area contributed by atoms with Crippen LogP contribution in [0.5, 0.6) is 5.75 Å². The molecule has 6 heteroatoms. The maximum absolute atomic E-state index is 10.0. The number of aromatic hydroxyl groups is 1. The summed E-state index contributed by atoms with van der Waals surface area (Å²) in [5.41, 5.74) is 1.17. The van der Waals surface area contributed by atoms with Crippen molar-refractivity contribution in [2.45, 2.75) is 6.04 Å². The molecule has 98 valence electrons. The molecule has 0 spiro atoms. The Morgan fingerprint density at radius 2 is 2.21 bits per heavy atom. The lowest BCUT2D eigenvalue weighted by Crippen LogP contribution is -2.08. The van der Waals surface area contributed by atoms with Crippen molar-refractivity contribution in [3.8, 4) is 5.75 Å². The maximum Gasteiger partial charge on any atom is 0.144 e. The Morgan fingerprint density at radius 1 is 1.37 bits per heavy atom. The van der Waals surface area contributed by atoms with Gasteiger partial charge in [0.05, 0.1) is 18.2 Å². The van der Waals surface area contributed by atoms with Crippen molar-refractivity contribution in [2.24, 2.45) is 4.99 Å².